The van der Waals surface area contributed by atoms with Gasteiger partial charge in [-0.3, -0.25) is 4.98 Å². The summed E-state index contributed by atoms with van der Waals surface area (Å²) in [6.45, 7) is 4.70. The Kier molecular flexibility index (Phi) is 4.67. The lowest BCUT2D eigenvalue weighted by atomic mass is 9.75. The first-order valence-electron chi connectivity index (χ1n) is 9.41. The van der Waals surface area contributed by atoms with Gasteiger partial charge in [0.2, 0.25) is 0 Å². The van der Waals surface area contributed by atoms with Crippen molar-refractivity contribution in [1.82, 2.24) is 9.88 Å². The number of rotatable bonds is 3. The Morgan fingerprint density at radius 1 is 1.16 bits per heavy atom. The van der Waals surface area contributed by atoms with Crippen LogP contribution in [0.1, 0.15) is 25.7 Å². The molecule has 1 spiro atoms. The Hall–Kier alpha value is -1.27. The van der Waals surface area contributed by atoms with Gasteiger partial charge in [-0.15, -0.1) is 0 Å². The predicted molar refractivity (Wildman–Crippen MR) is 93.0 cm³/mol. The monoisotopic (exact) mass is 351 g/mol. The Balaban J connectivity index is 1.46. The minimum atomic E-state index is -2.59. The van der Waals surface area contributed by atoms with E-state index in [2.05, 4.69) is 14.8 Å². The summed E-state index contributed by atoms with van der Waals surface area (Å²) in [6.07, 6.45) is 6.15. The van der Waals surface area contributed by atoms with Crippen molar-refractivity contribution in [3.63, 3.8) is 0 Å². The van der Waals surface area contributed by atoms with Gasteiger partial charge >= 0.3 is 0 Å². The number of pyridine rings is 1. The van der Waals surface area contributed by atoms with Crippen LogP contribution in [-0.2, 0) is 4.74 Å². The molecule has 0 saturated carbocycles. The van der Waals surface area contributed by atoms with Crippen molar-refractivity contribution in [2.24, 2.45) is 11.3 Å². The molecule has 3 aliphatic heterocycles. The molecule has 0 N–H and O–H groups in total. The molecule has 0 aromatic carbocycles. The van der Waals surface area contributed by atoms with E-state index in [1.54, 1.807) is 12.4 Å². The van der Waals surface area contributed by atoms with Crippen molar-refractivity contribution in [2.45, 2.75) is 31.6 Å². The van der Waals surface area contributed by atoms with Gasteiger partial charge in [0.1, 0.15) is 0 Å². The molecule has 0 bridgehead atoms. The van der Waals surface area contributed by atoms with E-state index in [1.807, 2.05) is 12.1 Å². The number of hydrogen-bond acceptors (Lipinski definition) is 4. The summed E-state index contributed by atoms with van der Waals surface area (Å²) < 4.78 is 35.3. The fourth-order valence-corrected chi connectivity index (χ4v) is 4.70. The summed E-state index contributed by atoms with van der Waals surface area (Å²) in [4.78, 5) is 8.51. The molecule has 4 nitrogen and oxygen atoms in total. The molecule has 0 amide bonds. The van der Waals surface area contributed by atoms with Crippen LogP contribution in [0.2, 0.25) is 0 Å². The van der Waals surface area contributed by atoms with Gasteiger partial charge in [-0.05, 0) is 37.3 Å². The van der Waals surface area contributed by atoms with Crippen LogP contribution in [-0.4, -0.2) is 61.7 Å². The second-order valence-electron chi connectivity index (χ2n) is 7.91. The van der Waals surface area contributed by atoms with Crippen LogP contribution in [0, 0.1) is 11.3 Å². The smallest absolute Gasteiger partial charge is 0.257 e. The molecular weight excluding hydrogens is 324 g/mol. The highest BCUT2D eigenvalue weighted by Gasteiger charge is 2.59. The maximum atomic E-state index is 14.9. The fraction of sp³-hybridized carbons (Fsp3) is 0.737. The lowest BCUT2D eigenvalue weighted by Gasteiger charge is -2.47. The number of nitrogens with zero attached hydrogens (tertiary/aromatic N) is 3. The normalized spacial score (nSPS) is 30.9. The van der Waals surface area contributed by atoms with Crippen molar-refractivity contribution in [3.05, 3.63) is 24.5 Å². The summed E-state index contributed by atoms with van der Waals surface area (Å²) in [5.41, 5.74) is 0.0310. The second-order valence-corrected chi connectivity index (χ2v) is 7.91. The Bertz CT molecular complexity index is 579. The van der Waals surface area contributed by atoms with Crippen LogP contribution >= 0.6 is 0 Å². The average Bonchev–Trinajstić information content (AvgIpc) is 3.06. The molecule has 3 fully saturated rings. The zero-order valence-electron chi connectivity index (χ0n) is 14.7. The van der Waals surface area contributed by atoms with Gasteiger partial charge in [0.15, 0.2) is 0 Å². The number of anilines is 1. The number of halogens is 2. The summed E-state index contributed by atoms with van der Waals surface area (Å²) >= 11 is 0. The van der Waals surface area contributed by atoms with Crippen molar-refractivity contribution >= 4 is 5.69 Å². The fourth-order valence-electron chi connectivity index (χ4n) is 4.70. The predicted octanol–water partition coefficient (Wildman–Crippen LogP) is 3.05. The Labute approximate surface area is 148 Å². The molecule has 4 rings (SSSR count). The van der Waals surface area contributed by atoms with Gasteiger partial charge in [0, 0.05) is 58.6 Å². The molecule has 0 radical (unpaired) electrons. The summed E-state index contributed by atoms with van der Waals surface area (Å²) in [5, 5.41) is 0. The highest BCUT2D eigenvalue weighted by atomic mass is 19.3. The summed E-state index contributed by atoms with van der Waals surface area (Å²) in [5.74, 6) is -2.00. The van der Waals surface area contributed by atoms with Gasteiger partial charge < -0.3 is 14.5 Å². The first kappa shape index (κ1) is 17.2. The molecule has 1 atom stereocenters. The third-order valence-electron chi connectivity index (χ3n) is 6.27. The Morgan fingerprint density at radius 3 is 2.76 bits per heavy atom. The number of aromatic nitrogens is 1. The molecular formula is C19H27F2N3O. The van der Waals surface area contributed by atoms with E-state index in [1.165, 1.54) is 0 Å². The molecule has 4 heterocycles. The van der Waals surface area contributed by atoms with E-state index < -0.39 is 11.3 Å². The average molecular weight is 351 g/mol. The third kappa shape index (κ3) is 3.38. The molecule has 25 heavy (non-hydrogen) atoms. The van der Waals surface area contributed by atoms with E-state index in [9.17, 15) is 8.78 Å². The van der Waals surface area contributed by atoms with Crippen LogP contribution in [0.5, 0.6) is 0 Å². The first-order valence-corrected chi connectivity index (χ1v) is 9.41. The molecule has 3 aliphatic rings. The van der Waals surface area contributed by atoms with Crippen LogP contribution in [0.25, 0.3) is 0 Å². The van der Waals surface area contributed by atoms with Gasteiger partial charge in [0.25, 0.3) is 5.92 Å². The molecule has 6 heteroatoms. The molecule has 138 valence electrons. The van der Waals surface area contributed by atoms with Crippen molar-refractivity contribution < 1.29 is 13.5 Å². The van der Waals surface area contributed by atoms with E-state index in [0.717, 1.165) is 38.3 Å². The number of piperidine rings is 1. The molecule has 3 saturated heterocycles. The molecule has 1 aromatic rings. The van der Waals surface area contributed by atoms with Crippen LogP contribution in [0.3, 0.4) is 0 Å². The van der Waals surface area contributed by atoms with E-state index in [0.29, 0.717) is 38.5 Å². The van der Waals surface area contributed by atoms with Gasteiger partial charge in [0.05, 0.1) is 17.3 Å². The molecule has 0 aliphatic carbocycles. The maximum absolute atomic E-state index is 14.9. The number of alkyl halides is 2. The van der Waals surface area contributed by atoms with Crippen LogP contribution in [0.4, 0.5) is 14.5 Å². The number of likely N-dealkylation sites (tertiary alicyclic amines) is 1. The van der Waals surface area contributed by atoms with Gasteiger partial charge in [-0.1, -0.05) is 0 Å². The van der Waals surface area contributed by atoms with Crippen LogP contribution in [0.15, 0.2) is 24.5 Å². The zero-order chi connectivity index (χ0) is 17.3. The van der Waals surface area contributed by atoms with Crippen LogP contribution < -0.4 is 4.90 Å². The first-order chi connectivity index (χ1) is 12.1. The zero-order valence-corrected chi connectivity index (χ0v) is 14.7. The van der Waals surface area contributed by atoms with Crippen molar-refractivity contribution in [1.29, 1.82) is 0 Å². The van der Waals surface area contributed by atoms with E-state index in [-0.39, 0.29) is 6.42 Å². The topological polar surface area (TPSA) is 28.6 Å². The quantitative estimate of drug-likeness (QED) is 0.837. The lowest BCUT2D eigenvalue weighted by molar-refractivity contribution is -0.159. The highest BCUT2D eigenvalue weighted by molar-refractivity contribution is 5.45. The lowest BCUT2D eigenvalue weighted by Crippen LogP contribution is -2.57. The minimum Gasteiger partial charge on any atom is -0.381 e. The maximum Gasteiger partial charge on any atom is 0.257 e. The van der Waals surface area contributed by atoms with Crippen molar-refractivity contribution in [3.8, 4) is 0 Å². The molecule has 1 unspecified atom stereocenters. The number of hydrogen-bond donors (Lipinski definition) is 0. The number of ether oxygens (including phenoxy) is 1. The summed E-state index contributed by atoms with van der Waals surface area (Å²) in [7, 11) is 0. The third-order valence-corrected chi connectivity index (χ3v) is 6.27. The van der Waals surface area contributed by atoms with Gasteiger partial charge in [-0.2, -0.15) is 0 Å². The van der Waals surface area contributed by atoms with Crippen molar-refractivity contribution in [2.75, 3.05) is 50.8 Å². The van der Waals surface area contributed by atoms with E-state index in [4.69, 9.17) is 4.74 Å². The van der Waals surface area contributed by atoms with Gasteiger partial charge in [-0.25, -0.2) is 8.78 Å². The second kappa shape index (κ2) is 6.80. The SMILES string of the molecule is FC1(F)CCN(CC2CCOCC2)CC12CCN(c1cccnc1)C2. The minimum absolute atomic E-state index is 0.0168. The van der Waals surface area contributed by atoms with E-state index >= 15 is 0 Å². The Morgan fingerprint density at radius 2 is 2.00 bits per heavy atom. The summed E-state index contributed by atoms with van der Waals surface area (Å²) in [6, 6.07) is 3.84. The largest absolute Gasteiger partial charge is 0.381 e. The standard InChI is InChI=1S/C19H27F2N3O/c20-19(21)6-8-23(13-16-3-10-25-11-4-16)14-18(19)5-9-24(15-18)17-2-1-7-22-12-17/h1-2,7,12,16H,3-6,8-11,13-15H2. The molecule has 1 aromatic heterocycles. The highest BCUT2D eigenvalue weighted by Crippen LogP contribution is 2.50.